The van der Waals surface area contributed by atoms with E-state index in [1.165, 1.54) is 7.11 Å². The highest BCUT2D eigenvalue weighted by Gasteiger charge is 2.32. The Kier molecular flexibility index (Phi) is 6.47. The average Bonchev–Trinajstić information content (AvgIpc) is 2.72. The number of carbonyl (C=O) groups is 1. The van der Waals surface area contributed by atoms with Crippen molar-refractivity contribution in [2.45, 2.75) is 18.0 Å². The average molecular weight is 485 g/mol. The summed E-state index contributed by atoms with van der Waals surface area (Å²) in [4.78, 5) is 16.5. The molecule has 0 aliphatic carbocycles. The van der Waals surface area contributed by atoms with Gasteiger partial charge < -0.3 is 4.74 Å². The first kappa shape index (κ1) is 23.6. The summed E-state index contributed by atoms with van der Waals surface area (Å²) in [5, 5.41) is 0.0139. The third-order valence-corrected chi connectivity index (χ3v) is 6.04. The number of benzene rings is 2. The Balaban J connectivity index is 2.08. The molecular weight excluding hydrogens is 469 g/mol. The lowest BCUT2D eigenvalue weighted by Crippen LogP contribution is -2.18. The molecule has 0 fully saturated rings. The molecule has 0 bridgehead atoms. The molecule has 0 radical (unpaired) electrons. The summed E-state index contributed by atoms with van der Waals surface area (Å²) in [6.07, 6.45) is -3.58. The number of hydrogen-bond donors (Lipinski definition) is 1. The second-order valence-electron chi connectivity index (χ2n) is 6.66. The second kappa shape index (κ2) is 8.79. The normalized spacial score (nSPS) is 11.8. The molecule has 0 unspecified atom stereocenters. The lowest BCUT2D eigenvalue weighted by atomic mass is 10.0. The van der Waals surface area contributed by atoms with Crippen LogP contribution >= 0.6 is 11.6 Å². The number of halogens is 4. The zero-order valence-corrected chi connectivity index (χ0v) is 18.3. The molecule has 0 amide bonds. The lowest BCUT2D eigenvalue weighted by Gasteiger charge is -2.15. The maximum atomic E-state index is 13.2. The number of aryl methyl sites for hydroxylation is 1. The zero-order valence-electron chi connectivity index (χ0n) is 16.7. The van der Waals surface area contributed by atoms with Crippen molar-refractivity contribution in [1.29, 1.82) is 0 Å². The van der Waals surface area contributed by atoms with Gasteiger partial charge in [0.15, 0.2) is 0 Å². The van der Waals surface area contributed by atoms with Crippen LogP contribution in [0.3, 0.4) is 0 Å². The van der Waals surface area contributed by atoms with Gasteiger partial charge in [-0.15, -0.1) is 0 Å². The van der Waals surface area contributed by atoms with Gasteiger partial charge in [-0.1, -0.05) is 29.8 Å². The van der Waals surface area contributed by atoms with Gasteiger partial charge in [-0.2, -0.15) is 13.2 Å². The number of anilines is 1. The van der Waals surface area contributed by atoms with Gasteiger partial charge in [-0.05, 0) is 42.8 Å². The van der Waals surface area contributed by atoms with Crippen LogP contribution in [-0.2, 0) is 16.2 Å². The van der Waals surface area contributed by atoms with Crippen LogP contribution in [0, 0.1) is 6.92 Å². The number of pyridine rings is 1. The smallest absolute Gasteiger partial charge is 0.416 e. The molecule has 3 rings (SSSR count). The fourth-order valence-corrected chi connectivity index (χ4v) is 4.22. The van der Waals surface area contributed by atoms with Crippen molar-refractivity contribution in [3.63, 3.8) is 0 Å². The topological polar surface area (TPSA) is 85.4 Å². The molecule has 1 aromatic heterocycles. The van der Waals surface area contributed by atoms with Crippen LogP contribution in [0.15, 0.2) is 59.6 Å². The molecule has 0 saturated heterocycles. The molecule has 1 heterocycles. The summed E-state index contributed by atoms with van der Waals surface area (Å²) in [6.45, 7) is 1.66. The molecule has 11 heteroatoms. The molecule has 32 heavy (non-hydrogen) atoms. The predicted molar refractivity (Wildman–Crippen MR) is 113 cm³/mol. The summed E-state index contributed by atoms with van der Waals surface area (Å²) in [5.74, 6) is -0.406. The molecule has 168 valence electrons. The highest BCUT2D eigenvalue weighted by atomic mass is 35.5. The molecule has 0 atom stereocenters. The van der Waals surface area contributed by atoms with E-state index in [0.717, 1.165) is 30.5 Å². The molecule has 0 saturated carbocycles. The number of alkyl halides is 3. The van der Waals surface area contributed by atoms with Crippen molar-refractivity contribution >= 4 is 33.1 Å². The van der Waals surface area contributed by atoms with E-state index in [9.17, 15) is 26.4 Å². The van der Waals surface area contributed by atoms with Crippen molar-refractivity contribution in [2.75, 3.05) is 11.8 Å². The number of ether oxygens (including phenoxy) is 1. The summed E-state index contributed by atoms with van der Waals surface area (Å²) in [7, 11) is -3.14. The van der Waals surface area contributed by atoms with Gasteiger partial charge in [0.25, 0.3) is 10.0 Å². The fraction of sp³-hybridized carbons (Fsp3) is 0.143. The van der Waals surface area contributed by atoms with E-state index in [1.807, 2.05) is 0 Å². The van der Waals surface area contributed by atoms with E-state index >= 15 is 0 Å². The van der Waals surface area contributed by atoms with Crippen LogP contribution in [0.5, 0.6) is 5.75 Å². The Bertz CT molecular complexity index is 1290. The van der Waals surface area contributed by atoms with Crippen LogP contribution < -0.4 is 9.46 Å². The van der Waals surface area contributed by atoms with Crippen LogP contribution in [0.4, 0.5) is 18.9 Å². The molecule has 0 spiro atoms. The second-order valence-corrected chi connectivity index (χ2v) is 8.78. The summed E-state index contributed by atoms with van der Waals surface area (Å²) < 4.78 is 72.0. The van der Waals surface area contributed by atoms with E-state index in [-0.39, 0.29) is 27.7 Å². The van der Waals surface area contributed by atoms with Crippen LogP contribution in [0.2, 0.25) is 5.02 Å². The largest absolute Gasteiger partial charge is 0.496 e. The first-order valence-electron chi connectivity index (χ1n) is 8.98. The van der Waals surface area contributed by atoms with Gasteiger partial charge >= 0.3 is 6.18 Å². The number of hydrogen-bond acceptors (Lipinski definition) is 5. The van der Waals surface area contributed by atoms with Crippen molar-refractivity contribution in [2.24, 2.45) is 0 Å². The first-order chi connectivity index (χ1) is 14.9. The van der Waals surface area contributed by atoms with Crippen molar-refractivity contribution in [3.8, 4) is 5.75 Å². The van der Waals surface area contributed by atoms with Gasteiger partial charge in [-0.25, -0.2) is 13.4 Å². The van der Waals surface area contributed by atoms with E-state index < -0.39 is 32.4 Å². The number of aromatic nitrogens is 1. The van der Waals surface area contributed by atoms with Gasteiger partial charge in [0.1, 0.15) is 11.4 Å². The summed E-state index contributed by atoms with van der Waals surface area (Å²) >= 11 is 5.94. The molecule has 1 N–H and O–H groups in total. The molecular formula is C21H16ClF3N2O4S. The third-order valence-electron chi connectivity index (χ3n) is 4.47. The number of rotatable bonds is 6. The number of methoxy groups -OCH3 is 1. The molecule has 2 aromatic carbocycles. The Hall–Kier alpha value is -3.11. The van der Waals surface area contributed by atoms with Crippen molar-refractivity contribution in [3.05, 3.63) is 82.1 Å². The Labute approximate surface area is 187 Å². The van der Waals surface area contributed by atoms with Gasteiger partial charge in [0, 0.05) is 6.20 Å². The zero-order chi connectivity index (χ0) is 23.7. The highest BCUT2D eigenvalue weighted by molar-refractivity contribution is 7.92. The van der Waals surface area contributed by atoms with Crippen molar-refractivity contribution < 1.29 is 31.1 Å². The lowest BCUT2D eigenvalue weighted by molar-refractivity contribution is -0.137. The highest BCUT2D eigenvalue weighted by Crippen LogP contribution is 2.32. The van der Waals surface area contributed by atoms with Crippen molar-refractivity contribution in [1.82, 2.24) is 4.98 Å². The quantitative estimate of drug-likeness (QED) is 0.492. The Morgan fingerprint density at radius 3 is 2.47 bits per heavy atom. The number of sulfonamides is 1. The van der Waals surface area contributed by atoms with Gasteiger partial charge in [0.2, 0.25) is 5.78 Å². The Morgan fingerprint density at radius 1 is 1.12 bits per heavy atom. The van der Waals surface area contributed by atoms with E-state index in [0.29, 0.717) is 11.6 Å². The van der Waals surface area contributed by atoms with E-state index in [2.05, 4.69) is 9.71 Å². The van der Waals surface area contributed by atoms with Gasteiger partial charge in [-0.3, -0.25) is 9.52 Å². The minimum Gasteiger partial charge on any atom is -0.496 e. The number of carbonyl (C=O) groups excluding carboxylic acids is 1. The van der Waals surface area contributed by atoms with Crippen LogP contribution in [0.1, 0.15) is 27.2 Å². The summed E-state index contributed by atoms with van der Waals surface area (Å²) in [6, 6.07) is 9.26. The van der Waals surface area contributed by atoms with Crippen LogP contribution in [-0.4, -0.2) is 26.3 Å². The first-order valence-corrected chi connectivity index (χ1v) is 10.8. The number of nitrogens with one attached hydrogen (secondary N) is 1. The molecule has 0 aliphatic rings. The van der Waals surface area contributed by atoms with E-state index in [1.54, 1.807) is 25.1 Å². The standard InChI is InChI=1S/C21H16ClF3N2O4S/c1-12-5-3-8-17(31-2)18(12)20(28)19-16(10-14(22)11-26-19)27-32(29,30)15-7-4-6-13(9-15)21(23,24)25/h3-11,27H,1-2H3. The number of ketones is 1. The summed E-state index contributed by atoms with van der Waals surface area (Å²) in [5.41, 5.74) is -1.00. The monoisotopic (exact) mass is 484 g/mol. The van der Waals surface area contributed by atoms with E-state index in [4.69, 9.17) is 16.3 Å². The fourth-order valence-electron chi connectivity index (χ4n) is 2.96. The SMILES string of the molecule is COc1cccc(C)c1C(=O)c1ncc(Cl)cc1NS(=O)(=O)c1cccc(C(F)(F)F)c1. The molecule has 0 aliphatic heterocycles. The minimum absolute atomic E-state index is 0.0139. The minimum atomic E-state index is -4.73. The maximum absolute atomic E-state index is 13.2. The third kappa shape index (κ3) is 4.86. The molecule has 6 nitrogen and oxygen atoms in total. The maximum Gasteiger partial charge on any atom is 0.416 e. The molecule has 3 aromatic rings. The number of nitrogens with zero attached hydrogens (tertiary/aromatic N) is 1. The predicted octanol–water partition coefficient (Wildman–Crippen LogP) is 5.10. The van der Waals surface area contributed by atoms with Crippen LogP contribution in [0.25, 0.3) is 0 Å². The van der Waals surface area contributed by atoms with Gasteiger partial charge in [0.05, 0.1) is 33.8 Å². The Morgan fingerprint density at radius 2 is 1.81 bits per heavy atom.